The van der Waals surface area contributed by atoms with Gasteiger partial charge in [-0.1, -0.05) is 0 Å². The van der Waals surface area contributed by atoms with Gasteiger partial charge in [0.1, 0.15) is 0 Å². The Kier molecular flexibility index (Phi) is 4.73. The summed E-state index contributed by atoms with van der Waals surface area (Å²) < 4.78 is 0. The first-order valence-corrected chi connectivity index (χ1v) is 5.82. The molecule has 1 heterocycles. The monoisotopic (exact) mass is 228 g/mol. The van der Waals surface area contributed by atoms with Gasteiger partial charge >= 0.3 is 0 Å². The van der Waals surface area contributed by atoms with Crippen molar-refractivity contribution in [2.75, 3.05) is 26.2 Å². The molecule has 2 amide bonds. The minimum absolute atomic E-state index is 0.0557. The number of amides is 2. The van der Waals surface area contributed by atoms with Gasteiger partial charge in [0.15, 0.2) is 0 Å². The van der Waals surface area contributed by atoms with Crippen LogP contribution in [0.15, 0.2) is 0 Å². The number of hydrogen-bond donors (Lipinski definition) is 1. The number of aliphatic hydroxyl groups excluding tert-OH is 1. The first-order chi connectivity index (χ1) is 7.58. The van der Waals surface area contributed by atoms with Crippen LogP contribution in [0.4, 0.5) is 0 Å². The number of nitrogens with zero attached hydrogens (tertiary/aromatic N) is 2. The highest BCUT2D eigenvalue weighted by Crippen LogP contribution is 2.11. The number of hydrogen-bond acceptors (Lipinski definition) is 3. The lowest BCUT2D eigenvalue weighted by Gasteiger charge is -2.21. The number of carbonyl (C=O) groups excluding carboxylic acids is 2. The summed E-state index contributed by atoms with van der Waals surface area (Å²) in [6.45, 7) is 6.06. The van der Waals surface area contributed by atoms with E-state index in [2.05, 4.69) is 0 Å². The van der Waals surface area contributed by atoms with Crippen molar-refractivity contribution in [2.24, 2.45) is 0 Å². The average Bonchev–Trinajstić information content (AvgIpc) is 2.56. The highest BCUT2D eigenvalue weighted by molar-refractivity contribution is 5.80. The molecule has 0 spiro atoms. The van der Waals surface area contributed by atoms with Crippen molar-refractivity contribution in [3.05, 3.63) is 0 Å². The maximum atomic E-state index is 11.7. The smallest absolute Gasteiger partial charge is 0.225 e. The highest BCUT2D eigenvalue weighted by Gasteiger charge is 2.28. The van der Waals surface area contributed by atoms with Crippen molar-refractivity contribution in [1.29, 1.82) is 0 Å². The zero-order valence-corrected chi connectivity index (χ0v) is 9.98. The maximum Gasteiger partial charge on any atom is 0.225 e. The quantitative estimate of drug-likeness (QED) is 0.711. The summed E-state index contributed by atoms with van der Waals surface area (Å²) >= 11 is 0. The Balaban J connectivity index is 2.34. The third kappa shape index (κ3) is 3.20. The first-order valence-electron chi connectivity index (χ1n) is 5.82. The van der Waals surface area contributed by atoms with E-state index in [0.717, 1.165) is 0 Å². The van der Waals surface area contributed by atoms with Gasteiger partial charge in [-0.2, -0.15) is 0 Å². The number of carbonyl (C=O) groups is 2. The molecule has 1 saturated heterocycles. The topological polar surface area (TPSA) is 60.9 Å². The Morgan fingerprint density at radius 2 is 2.12 bits per heavy atom. The van der Waals surface area contributed by atoms with Crippen LogP contribution < -0.4 is 0 Å². The predicted octanol–water partition coefficient (Wildman–Crippen LogP) is -0.162. The number of β-amino-alcohol motifs (C(OH)–C–C–N with tert-alkyl or cyclic N) is 1. The number of likely N-dealkylation sites (tertiary alicyclic amines) is 1. The van der Waals surface area contributed by atoms with Crippen LogP contribution in [0.1, 0.15) is 26.7 Å². The van der Waals surface area contributed by atoms with Crippen molar-refractivity contribution in [3.63, 3.8) is 0 Å². The van der Waals surface area contributed by atoms with Crippen LogP contribution >= 0.6 is 0 Å². The lowest BCUT2D eigenvalue weighted by molar-refractivity contribution is -0.132. The zero-order valence-electron chi connectivity index (χ0n) is 9.98. The predicted molar refractivity (Wildman–Crippen MR) is 59.7 cm³/mol. The maximum absolute atomic E-state index is 11.7. The molecule has 0 aromatic carbocycles. The standard InChI is InChI=1S/C11H20N2O3/c1-3-12(4-2)10(15)5-6-13-8-9(14)7-11(13)16/h9,14H,3-8H2,1-2H3. The molecular weight excluding hydrogens is 208 g/mol. The molecule has 0 bridgehead atoms. The summed E-state index contributed by atoms with van der Waals surface area (Å²) in [6.07, 6.45) is -0.0179. The molecule has 5 nitrogen and oxygen atoms in total. The van der Waals surface area contributed by atoms with E-state index in [1.54, 1.807) is 9.80 Å². The van der Waals surface area contributed by atoms with Gasteiger partial charge in [0.2, 0.25) is 11.8 Å². The van der Waals surface area contributed by atoms with Crippen LogP contribution in [-0.2, 0) is 9.59 Å². The van der Waals surface area contributed by atoms with Crippen LogP contribution in [0.2, 0.25) is 0 Å². The van der Waals surface area contributed by atoms with Gasteiger partial charge in [-0.25, -0.2) is 0 Å². The van der Waals surface area contributed by atoms with Crippen LogP contribution in [-0.4, -0.2) is 59.0 Å². The van der Waals surface area contributed by atoms with Gasteiger partial charge in [0, 0.05) is 32.6 Å². The fourth-order valence-corrected chi connectivity index (χ4v) is 1.93. The van der Waals surface area contributed by atoms with E-state index in [0.29, 0.717) is 32.6 Å². The molecular formula is C11H20N2O3. The molecule has 1 aliphatic rings. The Morgan fingerprint density at radius 3 is 2.56 bits per heavy atom. The molecule has 0 radical (unpaired) electrons. The lowest BCUT2D eigenvalue weighted by Crippen LogP contribution is -2.35. The Bertz CT molecular complexity index is 264. The second-order valence-electron chi connectivity index (χ2n) is 4.01. The second kappa shape index (κ2) is 5.84. The van der Waals surface area contributed by atoms with Gasteiger partial charge in [-0.05, 0) is 13.8 Å². The Labute approximate surface area is 96.0 Å². The molecule has 0 aliphatic carbocycles. The van der Waals surface area contributed by atoms with Gasteiger partial charge in [0.05, 0.1) is 12.5 Å². The van der Waals surface area contributed by atoms with Gasteiger partial charge in [0.25, 0.3) is 0 Å². The molecule has 1 N–H and O–H groups in total. The van der Waals surface area contributed by atoms with Crippen molar-refractivity contribution >= 4 is 11.8 Å². The lowest BCUT2D eigenvalue weighted by atomic mass is 10.3. The van der Waals surface area contributed by atoms with Crippen molar-refractivity contribution in [3.8, 4) is 0 Å². The minimum Gasteiger partial charge on any atom is -0.391 e. The summed E-state index contributed by atoms with van der Waals surface area (Å²) in [5, 5.41) is 9.28. The summed E-state index contributed by atoms with van der Waals surface area (Å²) in [6, 6.07) is 0. The van der Waals surface area contributed by atoms with Crippen LogP contribution in [0.25, 0.3) is 0 Å². The third-order valence-corrected chi connectivity index (χ3v) is 2.91. The van der Waals surface area contributed by atoms with Gasteiger partial charge in [-0.15, -0.1) is 0 Å². The highest BCUT2D eigenvalue weighted by atomic mass is 16.3. The summed E-state index contributed by atoms with van der Waals surface area (Å²) in [5.41, 5.74) is 0. The molecule has 1 unspecified atom stereocenters. The average molecular weight is 228 g/mol. The van der Waals surface area contributed by atoms with E-state index in [1.165, 1.54) is 0 Å². The summed E-state index contributed by atoms with van der Waals surface area (Å²) in [5.74, 6) is 0.0130. The molecule has 1 atom stereocenters. The SMILES string of the molecule is CCN(CC)C(=O)CCN1CC(O)CC1=O. The number of rotatable bonds is 5. The van der Waals surface area contributed by atoms with Crippen molar-refractivity contribution in [1.82, 2.24) is 9.80 Å². The van der Waals surface area contributed by atoms with E-state index >= 15 is 0 Å². The Morgan fingerprint density at radius 1 is 1.50 bits per heavy atom. The molecule has 92 valence electrons. The van der Waals surface area contributed by atoms with E-state index < -0.39 is 6.10 Å². The fraction of sp³-hybridized carbons (Fsp3) is 0.818. The fourth-order valence-electron chi connectivity index (χ4n) is 1.93. The van der Waals surface area contributed by atoms with Gasteiger partial charge in [-0.3, -0.25) is 9.59 Å². The van der Waals surface area contributed by atoms with Crippen LogP contribution in [0.3, 0.4) is 0 Å². The summed E-state index contributed by atoms with van der Waals surface area (Å²) in [4.78, 5) is 26.3. The zero-order chi connectivity index (χ0) is 12.1. The molecule has 0 aromatic rings. The van der Waals surface area contributed by atoms with E-state index in [9.17, 15) is 14.7 Å². The van der Waals surface area contributed by atoms with Crippen molar-refractivity contribution in [2.45, 2.75) is 32.8 Å². The van der Waals surface area contributed by atoms with Crippen LogP contribution in [0, 0.1) is 0 Å². The third-order valence-electron chi connectivity index (χ3n) is 2.91. The molecule has 5 heteroatoms. The molecule has 0 aromatic heterocycles. The van der Waals surface area contributed by atoms with Crippen molar-refractivity contribution < 1.29 is 14.7 Å². The summed E-state index contributed by atoms with van der Waals surface area (Å²) in [7, 11) is 0. The van der Waals surface area contributed by atoms with E-state index in [-0.39, 0.29) is 18.2 Å². The molecule has 16 heavy (non-hydrogen) atoms. The molecule has 1 rings (SSSR count). The number of aliphatic hydroxyl groups is 1. The molecule has 0 saturated carbocycles. The molecule has 1 fully saturated rings. The first kappa shape index (κ1) is 13.0. The molecule has 1 aliphatic heterocycles. The largest absolute Gasteiger partial charge is 0.391 e. The Hall–Kier alpha value is -1.10. The minimum atomic E-state index is -0.559. The van der Waals surface area contributed by atoms with E-state index in [4.69, 9.17) is 0 Å². The van der Waals surface area contributed by atoms with Crippen LogP contribution in [0.5, 0.6) is 0 Å². The van der Waals surface area contributed by atoms with Gasteiger partial charge < -0.3 is 14.9 Å². The second-order valence-corrected chi connectivity index (χ2v) is 4.01. The normalized spacial score (nSPS) is 20.3. The van der Waals surface area contributed by atoms with E-state index in [1.807, 2.05) is 13.8 Å².